The van der Waals surface area contributed by atoms with Gasteiger partial charge in [-0.2, -0.15) is 0 Å². The topological polar surface area (TPSA) is 15.3 Å². The van der Waals surface area contributed by atoms with Gasteiger partial charge in [0, 0.05) is 41.1 Å². The number of benzene rings is 1. The van der Waals surface area contributed by atoms with E-state index in [1.807, 2.05) is 11.3 Å². The third-order valence-corrected chi connectivity index (χ3v) is 5.85. The second-order valence-electron chi connectivity index (χ2n) is 5.34. The lowest BCUT2D eigenvalue weighted by Crippen LogP contribution is -2.50. The van der Waals surface area contributed by atoms with Gasteiger partial charge in [0.1, 0.15) is 0 Å². The van der Waals surface area contributed by atoms with Crippen LogP contribution >= 0.6 is 27.3 Å². The van der Waals surface area contributed by atoms with Gasteiger partial charge in [0.15, 0.2) is 0 Å². The maximum atomic E-state index is 3.66. The minimum atomic E-state index is 0.436. The molecule has 1 aromatic heterocycles. The van der Waals surface area contributed by atoms with Gasteiger partial charge in [0.2, 0.25) is 0 Å². The van der Waals surface area contributed by atoms with Crippen LogP contribution < -0.4 is 5.32 Å². The zero-order chi connectivity index (χ0) is 13.9. The van der Waals surface area contributed by atoms with Crippen LogP contribution in [0.4, 0.5) is 0 Å². The molecule has 0 aliphatic carbocycles. The molecule has 1 aromatic carbocycles. The molecular weight excluding hydrogens is 332 g/mol. The highest BCUT2D eigenvalue weighted by atomic mass is 79.9. The Labute approximate surface area is 132 Å². The molecule has 0 saturated carbocycles. The zero-order valence-electron chi connectivity index (χ0n) is 11.6. The molecule has 0 radical (unpaired) electrons. The van der Waals surface area contributed by atoms with Crippen molar-refractivity contribution in [3.63, 3.8) is 0 Å². The summed E-state index contributed by atoms with van der Waals surface area (Å²) in [4.78, 5) is 4.00. The maximum Gasteiger partial charge on any atom is 0.0450 e. The highest BCUT2D eigenvalue weighted by molar-refractivity contribution is 9.10. The van der Waals surface area contributed by atoms with Gasteiger partial charge in [-0.25, -0.2) is 0 Å². The van der Waals surface area contributed by atoms with Gasteiger partial charge < -0.3 is 5.32 Å². The fourth-order valence-electron chi connectivity index (χ4n) is 2.67. The second kappa shape index (κ2) is 6.39. The first kappa shape index (κ1) is 14.3. The van der Waals surface area contributed by atoms with Gasteiger partial charge in [0.25, 0.3) is 0 Å². The van der Waals surface area contributed by atoms with Crippen LogP contribution in [0.15, 0.2) is 46.3 Å². The molecule has 0 amide bonds. The first-order valence-electron chi connectivity index (χ1n) is 6.98. The quantitative estimate of drug-likeness (QED) is 0.898. The zero-order valence-corrected chi connectivity index (χ0v) is 14.0. The van der Waals surface area contributed by atoms with Crippen molar-refractivity contribution in [3.8, 4) is 0 Å². The maximum absolute atomic E-state index is 3.66. The second-order valence-corrected chi connectivity index (χ2v) is 7.20. The smallest absolute Gasteiger partial charge is 0.0450 e. The Balaban J connectivity index is 1.72. The summed E-state index contributed by atoms with van der Waals surface area (Å²) in [6, 6.07) is 13.9. The van der Waals surface area contributed by atoms with Crippen molar-refractivity contribution < 1.29 is 0 Å². The number of halogens is 1. The van der Waals surface area contributed by atoms with Crippen molar-refractivity contribution in [2.75, 3.05) is 13.1 Å². The number of nitrogens with one attached hydrogen (secondary N) is 1. The summed E-state index contributed by atoms with van der Waals surface area (Å²) in [5.41, 5.74) is 1.38. The molecule has 20 heavy (non-hydrogen) atoms. The molecule has 0 spiro atoms. The number of rotatable bonds is 3. The lowest BCUT2D eigenvalue weighted by Gasteiger charge is -2.39. The molecule has 3 rings (SSSR count). The van der Waals surface area contributed by atoms with E-state index in [0.29, 0.717) is 12.1 Å². The number of thiophene rings is 1. The summed E-state index contributed by atoms with van der Waals surface area (Å²) < 4.78 is 1.24. The Bertz CT molecular complexity index is 555. The van der Waals surface area contributed by atoms with E-state index in [0.717, 1.165) is 19.6 Å². The first-order chi connectivity index (χ1) is 9.74. The fraction of sp³-hybridized carbons (Fsp3) is 0.375. The molecule has 1 fully saturated rings. The van der Waals surface area contributed by atoms with Crippen molar-refractivity contribution in [2.24, 2.45) is 0 Å². The number of nitrogens with zero attached hydrogens (tertiary/aromatic N) is 1. The SMILES string of the molecule is CC1CNC(c2ccccc2)CN1Cc1sccc1Br. The largest absolute Gasteiger partial charge is 0.307 e. The highest BCUT2D eigenvalue weighted by Crippen LogP contribution is 2.27. The van der Waals surface area contributed by atoms with E-state index in [9.17, 15) is 0 Å². The third-order valence-electron chi connectivity index (χ3n) is 3.94. The third kappa shape index (κ3) is 3.14. The van der Waals surface area contributed by atoms with E-state index in [4.69, 9.17) is 0 Å². The summed E-state index contributed by atoms with van der Waals surface area (Å²) in [5, 5.41) is 5.81. The summed E-state index contributed by atoms with van der Waals surface area (Å²) >= 11 is 5.47. The molecule has 2 aromatic rings. The summed E-state index contributed by atoms with van der Waals surface area (Å²) in [5.74, 6) is 0. The lowest BCUT2D eigenvalue weighted by atomic mass is 10.0. The number of piperazine rings is 1. The van der Waals surface area contributed by atoms with Crippen LogP contribution in [0.5, 0.6) is 0 Å². The average molecular weight is 351 g/mol. The van der Waals surface area contributed by atoms with Gasteiger partial charge in [-0.3, -0.25) is 4.90 Å². The lowest BCUT2D eigenvalue weighted by molar-refractivity contribution is 0.134. The Morgan fingerprint density at radius 1 is 1.30 bits per heavy atom. The molecular formula is C16H19BrN2S. The monoisotopic (exact) mass is 350 g/mol. The summed E-state index contributed by atoms with van der Waals surface area (Å²) in [6.07, 6.45) is 0. The van der Waals surface area contributed by atoms with E-state index in [-0.39, 0.29) is 0 Å². The molecule has 1 saturated heterocycles. The van der Waals surface area contributed by atoms with Crippen molar-refractivity contribution in [1.29, 1.82) is 0 Å². The van der Waals surface area contributed by atoms with Crippen molar-refractivity contribution in [1.82, 2.24) is 10.2 Å². The average Bonchev–Trinajstić information content (AvgIpc) is 2.88. The van der Waals surface area contributed by atoms with Crippen molar-refractivity contribution in [2.45, 2.75) is 25.6 Å². The van der Waals surface area contributed by atoms with Crippen LogP contribution in [0.1, 0.15) is 23.4 Å². The molecule has 1 N–H and O–H groups in total. The van der Waals surface area contributed by atoms with Crippen LogP contribution in [-0.4, -0.2) is 24.0 Å². The van der Waals surface area contributed by atoms with Gasteiger partial charge in [-0.05, 0) is 39.9 Å². The van der Waals surface area contributed by atoms with Crippen molar-refractivity contribution >= 4 is 27.3 Å². The molecule has 1 aliphatic heterocycles. The van der Waals surface area contributed by atoms with Crippen LogP contribution in [-0.2, 0) is 6.54 Å². The van der Waals surface area contributed by atoms with E-state index in [1.165, 1.54) is 14.9 Å². The van der Waals surface area contributed by atoms with Crippen LogP contribution in [0.3, 0.4) is 0 Å². The molecule has 0 bridgehead atoms. The van der Waals surface area contributed by atoms with Crippen molar-refractivity contribution in [3.05, 3.63) is 56.7 Å². The predicted octanol–water partition coefficient (Wildman–Crippen LogP) is 4.05. The Morgan fingerprint density at radius 2 is 2.10 bits per heavy atom. The molecule has 2 atom stereocenters. The number of hydrogen-bond donors (Lipinski definition) is 1. The summed E-state index contributed by atoms with van der Waals surface area (Å²) in [6.45, 7) is 5.44. The number of hydrogen-bond acceptors (Lipinski definition) is 3. The van der Waals surface area contributed by atoms with E-state index in [2.05, 4.69) is 74.8 Å². The van der Waals surface area contributed by atoms with Gasteiger partial charge in [-0.1, -0.05) is 30.3 Å². The Morgan fingerprint density at radius 3 is 2.80 bits per heavy atom. The molecule has 2 nitrogen and oxygen atoms in total. The van der Waals surface area contributed by atoms with E-state index in [1.54, 1.807) is 0 Å². The van der Waals surface area contributed by atoms with Gasteiger partial charge in [0.05, 0.1) is 0 Å². The molecule has 106 valence electrons. The van der Waals surface area contributed by atoms with Gasteiger partial charge in [-0.15, -0.1) is 11.3 Å². The summed E-state index contributed by atoms with van der Waals surface area (Å²) in [7, 11) is 0. The molecule has 2 unspecified atom stereocenters. The highest BCUT2D eigenvalue weighted by Gasteiger charge is 2.26. The van der Waals surface area contributed by atoms with Crippen LogP contribution in [0, 0.1) is 0 Å². The van der Waals surface area contributed by atoms with Gasteiger partial charge >= 0.3 is 0 Å². The minimum absolute atomic E-state index is 0.436. The fourth-order valence-corrected chi connectivity index (χ4v) is 4.17. The Hall–Kier alpha value is -0.680. The standard InChI is InChI=1S/C16H19BrN2S/c1-12-9-18-15(13-5-3-2-4-6-13)10-19(12)11-16-14(17)7-8-20-16/h2-8,12,15,18H,9-11H2,1H3. The van der Waals surface area contributed by atoms with E-state index >= 15 is 0 Å². The molecule has 4 heteroatoms. The normalized spacial score (nSPS) is 23.9. The van der Waals surface area contributed by atoms with Crippen LogP contribution in [0.25, 0.3) is 0 Å². The first-order valence-corrected chi connectivity index (χ1v) is 8.65. The van der Waals surface area contributed by atoms with Crippen LogP contribution in [0.2, 0.25) is 0 Å². The Kier molecular flexibility index (Phi) is 4.56. The molecule has 2 heterocycles. The predicted molar refractivity (Wildman–Crippen MR) is 89.1 cm³/mol. The minimum Gasteiger partial charge on any atom is -0.307 e. The van der Waals surface area contributed by atoms with E-state index < -0.39 is 0 Å². The molecule has 1 aliphatic rings.